The minimum atomic E-state index is -4.35. The van der Waals surface area contributed by atoms with Crippen molar-refractivity contribution in [2.45, 2.75) is 32.1 Å². The summed E-state index contributed by atoms with van der Waals surface area (Å²) in [5, 5.41) is 2.55. The first-order valence-corrected chi connectivity index (χ1v) is 5.34. The molecule has 3 nitrogen and oxygen atoms in total. The van der Waals surface area contributed by atoms with Crippen LogP contribution in [0.1, 0.15) is 25.0 Å². The first kappa shape index (κ1) is 14.5. The van der Waals surface area contributed by atoms with Crippen LogP contribution in [0.25, 0.3) is 0 Å². The molecule has 0 radical (unpaired) electrons. The second-order valence-electron chi connectivity index (χ2n) is 4.60. The minimum absolute atomic E-state index is 0.150. The summed E-state index contributed by atoms with van der Waals surface area (Å²) >= 11 is 0. The molecule has 0 saturated heterocycles. The van der Waals surface area contributed by atoms with E-state index in [9.17, 15) is 18.0 Å². The average molecular weight is 260 g/mol. The minimum Gasteiger partial charge on any atom is -0.350 e. The fraction of sp³-hybridized carbons (Fsp3) is 0.417. The highest BCUT2D eigenvalue weighted by Gasteiger charge is 2.30. The molecule has 1 aromatic rings. The van der Waals surface area contributed by atoms with Crippen molar-refractivity contribution in [2.75, 3.05) is 0 Å². The van der Waals surface area contributed by atoms with Crippen molar-refractivity contribution in [1.82, 2.24) is 5.32 Å². The van der Waals surface area contributed by atoms with Crippen LogP contribution in [0.2, 0.25) is 0 Å². The van der Waals surface area contributed by atoms with E-state index in [0.717, 1.165) is 12.1 Å². The lowest BCUT2D eigenvalue weighted by Gasteiger charge is -2.17. The quantitative estimate of drug-likeness (QED) is 0.874. The smallest absolute Gasteiger partial charge is 0.350 e. The predicted molar refractivity (Wildman–Crippen MR) is 61.6 cm³/mol. The first-order chi connectivity index (χ1) is 8.10. The van der Waals surface area contributed by atoms with E-state index in [2.05, 4.69) is 5.32 Å². The second-order valence-corrected chi connectivity index (χ2v) is 4.60. The summed E-state index contributed by atoms with van der Waals surface area (Å²) in [5.41, 5.74) is 4.43. The Morgan fingerprint density at radius 1 is 1.22 bits per heavy atom. The van der Waals surface area contributed by atoms with Gasteiger partial charge in [-0.2, -0.15) is 13.2 Å². The molecule has 0 bridgehead atoms. The second kappa shape index (κ2) is 4.97. The molecule has 1 aromatic carbocycles. The van der Waals surface area contributed by atoms with Crippen LogP contribution in [0, 0.1) is 0 Å². The number of nitrogens with two attached hydrogens (primary N) is 1. The number of carbonyl (C=O) groups is 1. The van der Waals surface area contributed by atoms with E-state index in [1.165, 1.54) is 12.1 Å². The standard InChI is InChI=1S/C12H15F3N2O/c1-11(2,16)10(18)17-7-8-3-5-9(6-4-8)12(13,14)15/h3-6H,7,16H2,1-2H3,(H,17,18). The summed E-state index contributed by atoms with van der Waals surface area (Å²) in [4.78, 5) is 11.4. The maximum atomic E-state index is 12.3. The van der Waals surface area contributed by atoms with Gasteiger partial charge in [0.25, 0.3) is 0 Å². The third-order valence-corrected chi connectivity index (χ3v) is 2.32. The topological polar surface area (TPSA) is 55.1 Å². The van der Waals surface area contributed by atoms with Crippen molar-refractivity contribution in [2.24, 2.45) is 5.73 Å². The summed E-state index contributed by atoms with van der Waals surface area (Å²) in [6.45, 7) is 3.25. The van der Waals surface area contributed by atoms with Crippen LogP contribution in [0.3, 0.4) is 0 Å². The first-order valence-electron chi connectivity index (χ1n) is 5.34. The Hall–Kier alpha value is -1.56. The van der Waals surface area contributed by atoms with Gasteiger partial charge < -0.3 is 11.1 Å². The Kier molecular flexibility index (Phi) is 4.01. The zero-order valence-corrected chi connectivity index (χ0v) is 10.1. The number of hydrogen-bond donors (Lipinski definition) is 2. The van der Waals surface area contributed by atoms with Gasteiger partial charge in [-0.15, -0.1) is 0 Å². The molecule has 0 aromatic heterocycles. The number of halogens is 3. The normalized spacial score (nSPS) is 12.3. The lowest BCUT2D eigenvalue weighted by Crippen LogP contribution is -2.48. The zero-order valence-electron chi connectivity index (χ0n) is 10.1. The van der Waals surface area contributed by atoms with Gasteiger partial charge in [0.15, 0.2) is 0 Å². The molecule has 0 saturated carbocycles. The molecule has 0 aliphatic rings. The fourth-order valence-corrected chi connectivity index (χ4v) is 1.22. The van der Waals surface area contributed by atoms with Crippen molar-refractivity contribution in [1.29, 1.82) is 0 Å². The molecule has 0 heterocycles. The molecule has 6 heteroatoms. The van der Waals surface area contributed by atoms with Crippen LogP contribution in [-0.4, -0.2) is 11.4 Å². The monoisotopic (exact) mass is 260 g/mol. The summed E-state index contributed by atoms with van der Waals surface area (Å²) < 4.78 is 36.9. The Morgan fingerprint density at radius 2 is 1.72 bits per heavy atom. The van der Waals surface area contributed by atoms with E-state index in [0.29, 0.717) is 5.56 Å². The number of alkyl halides is 3. The van der Waals surface area contributed by atoms with Crippen LogP contribution < -0.4 is 11.1 Å². The SMILES string of the molecule is CC(C)(N)C(=O)NCc1ccc(C(F)(F)F)cc1. The molecular weight excluding hydrogens is 245 g/mol. The Morgan fingerprint density at radius 3 is 2.11 bits per heavy atom. The van der Waals surface area contributed by atoms with E-state index >= 15 is 0 Å². The third-order valence-electron chi connectivity index (χ3n) is 2.32. The van der Waals surface area contributed by atoms with Crippen LogP contribution >= 0.6 is 0 Å². The van der Waals surface area contributed by atoms with E-state index < -0.39 is 17.3 Å². The van der Waals surface area contributed by atoms with Gasteiger partial charge >= 0.3 is 6.18 Å². The summed E-state index contributed by atoms with van der Waals surface area (Å²) in [6.07, 6.45) is -4.35. The van der Waals surface area contributed by atoms with E-state index in [-0.39, 0.29) is 12.5 Å². The molecule has 0 spiro atoms. The van der Waals surface area contributed by atoms with Gasteiger partial charge in [0.1, 0.15) is 0 Å². The van der Waals surface area contributed by atoms with Crippen molar-refractivity contribution in [3.05, 3.63) is 35.4 Å². The van der Waals surface area contributed by atoms with Gasteiger partial charge in [-0.3, -0.25) is 4.79 Å². The highest BCUT2D eigenvalue weighted by molar-refractivity contribution is 5.84. The largest absolute Gasteiger partial charge is 0.416 e. The Labute approximate surface area is 103 Å². The predicted octanol–water partition coefficient (Wildman–Crippen LogP) is 2.06. The highest BCUT2D eigenvalue weighted by atomic mass is 19.4. The highest BCUT2D eigenvalue weighted by Crippen LogP contribution is 2.28. The molecule has 0 aliphatic heterocycles. The molecule has 3 N–H and O–H groups in total. The molecule has 0 unspecified atom stereocenters. The molecule has 0 atom stereocenters. The van der Waals surface area contributed by atoms with E-state index in [1.807, 2.05) is 0 Å². The number of nitrogens with one attached hydrogen (secondary N) is 1. The van der Waals surface area contributed by atoms with Crippen LogP contribution in [-0.2, 0) is 17.5 Å². The molecule has 0 aliphatic carbocycles. The van der Waals surface area contributed by atoms with Crippen molar-refractivity contribution >= 4 is 5.91 Å². The van der Waals surface area contributed by atoms with Crippen LogP contribution in [0.15, 0.2) is 24.3 Å². The van der Waals surface area contributed by atoms with Crippen molar-refractivity contribution < 1.29 is 18.0 Å². The molecule has 100 valence electrons. The fourth-order valence-electron chi connectivity index (χ4n) is 1.22. The lowest BCUT2D eigenvalue weighted by atomic mass is 10.1. The van der Waals surface area contributed by atoms with Crippen molar-refractivity contribution in [3.8, 4) is 0 Å². The maximum absolute atomic E-state index is 12.3. The number of amides is 1. The van der Waals surface area contributed by atoms with Crippen molar-refractivity contribution in [3.63, 3.8) is 0 Å². The maximum Gasteiger partial charge on any atom is 0.416 e. The summed E-state index contributed by atoms with van der Waals surface area (Å²) in [5.74, 6) is -0.359. The number of benzene rings is 1. The third kappa shape index (κ3) is 4.03. The van der Waals surface area contributed by atoms with E-state index in [4.69, 9.17) is 5.73 Å². The number of hydrogen-bond acceptors (Lipinski definition) is 2. The molecule has 18 heavy (non-hydrogen) atoms. The number of rotatable bonds is 3. The Balaban J connectivity index is 2.63. The van der Waals surface area contributed by atoms with Gasteiger partial charge in [-0.05, 0) is 31.5 Å². The zero-order chi connectivity index (χ0) is 14.0. The summed E-state index contributed by atoms with van der Waals surface area (Å²) in [7, 11) is 0. The number of carbonyl (C=O) groups excluding carboxylic acids is 1. The van der Waals surface area contributed by atoms with Gasteiger partial charge in [0.05, 0.1) is 11.1 Å². The Bertz CT molecular complexity index is 418. The van der Waals surface area contributed by atoms with Gasteiger partial charge in [0.2, 0.25) is 5.91 Å². The summed E-state index contributed by atoms with van der Waals surface area (Å²) in [6, 6.07) is 4.61. The van der Waals surface area contributed by atoms with Gasteiger partial charge in [0, 0.05) is 6.54 Å². The van der Waals surface area contributed by atoms with Crippen LogP contribution in [0.5, 0.6) is 0 Å². The van der Waals surface area contributed by atoms with Gasteiger partial charge in [-0.25, -0.2) is 0 Å². The molecule has 1 amide bonds. The average Bonchev–Trinajstić information content (AvgIpc) is 2.24. The molecular formula is C12H15F3N2O. The van der Waals surface area contributed by atoms with Gasteiger partial charge in [-0.1, -0.05) is 12.1 Å². The molecule has 0 fully saturated rings. The van der Waals surface area contributed by atoms with E-state index in [1.54, 1.807) is 13.8 Å². The van der Waals surface area contributed by atoms with Crippen LogP contribution in [0.4, 0.5) is 13.2 Å². The molecule has 1 rings (SSSR count). The lowest BCUT2D eigenvalue weighted by molar-refractivity contribution is -0.137.